The lowest BCUT2D eigenvalue weighted by Crippen LogP contribution is -2.21. The third kappa shape index (κ3) is 3.27. The number of benzene rings is 2. The highest BCUT2D eigenvalue weighted by Gasteiger charge is 2.35. The number of anilines is 1. The third-order valence-corrected chi connectivity index (χ3v) is 4.51. The summed E-state index contributed by atoms with van der Waals surface area (Å²) in [6, 6.07) is 2.52. The Bertz CT molecular complexity index is 1010. The zero-order chi connectivity index (χ0) is 19.8. The zero-order valence-corrected chi connectivity index (χ0v) is 13.4. The van der Waals surface area contributed by atoms with Crippen LogP contribution in [0.4, 0.5) is 27.6 Å². The van der Waals surface area contributed by atoms with Gasteiger partial charge in [0.15, 0.2) is 39.7 Å². The molecule has 0 aliphatic carbocycles. The molecule has 0 heterocycles. The van der Waals surface area contributed by atoms with Gasteiger partial charge in [0.2, 0.25) is 0 Å². The maximum absolute atomic E-state index is 14.1. The summed E-state index contributed by atoms with van der Waals surface area (Å²) < 4.78 is 98.7. The van der Waals surface area contributed by atoms with Crippen molar-refractivity contribution >= 4 is 21.7 Å². The Morgan fingerprint density at radius 2 is 1.65 bits per heavy atom. The van der Waals surface area contributed by atoms with Gasteiger partial charge in [0, 0.05) is 6.07 Å². The molecule has 0 saturated heterocycles. The van der Waals surface area contributed by atoms with Crippen LogP contribution in [-0.4, -0.2) is 26.6 Å². The number of halogens is 5. The second-order valence-corrected chi connectivity index (χ2v) is 6.34. The van der Waals surface area contributed by atoms with E-state index < -0.39 is 61.2 Å². The lowest BCUT2D eigenvalue weighted by Gasteiger charge is -2.13. The smallest absolute Gasteiger partial charge is 0.341 e. The molecule has 0 saturated carbocycles. The van der Waals surface area contributed by atoms with Crippen molar-refractivity contribution < 1.29 is 45.0 Å². The molecule has 2 aromatic rings. The average molecular weight is 397 g/mol. The first-order chi connectivity index (χ1) is 12.0. The molecule has 2 aromatic carbocycles. The molecule has 0 spiro atoms. The van der Waals surface area contributed by atoms with Gasteiger partial charge in [-0.2, -0.15) is 0 Å². The molecule has 2 rings (SSSR count). The van der Waals surface area contributed by atoms with Crippen LogP contribution in [0.3, 0.4) is 0 Å². The van der Waals surface area contributed by atoms with E-state index in [0.717, 1.165) is 19.2 Å². The van der Waals surface area contributed by atoms with E-state index in [0.29, 0.717) is 6.07 Å². The van der Waals surface area contributed by atoms with E-state index in [9.17, 15) is 35.2 Å². The first-order valence-electron chi connectivity index (χ1n) is 6.46. The average Bonchev–Trinajstić information content (AvgIpc) is 2.52. The Hall–Kier alpha value is -2.89. The van der Waals surface area contributed by atoms with Gasteiger partial charge in [-0.25, -0.2) is 35.2 Å². The van der Waals surface area contributed by atoms with Crippen LogP contribution in [0, 0.1) is 29.1 Å². The van der Waals surface area contributed by atoms with E-state index in [1.54, 1.807) is 0 Å². The van der Waals surface area contributed by atoms with Crippen LogP contribution in [0.1, 0.15) is 10.4 Å². The van der Waals surface area contributed by atoms with Gasteiger partial charge >= 0.3 is 5.97 Å². The molecule has 0 amide bonds. The van der Waals surface area contributed by atoms with Gasteiger partial charge < -0.3 is 9.84 Å². The molecule has 0 aliphatic rings. The zero-order valence-electron chi connectivity index (χ0n) is 12.6. The highest BCUT2D eigenvalue weighted by molar-refractivity contribution is 7.92. The molecule has 0 atom stereocenters. The normalized spacial score (nSPS) is 11.3. The molecule has 0 bridgehead atoms. The fourth-order valence-electron chi connectivity index (χ4n) is 1.97. The van der Waals surface area contributed by atoms with Gasteiger partial charge in [-0.05, 0) is 12.1 Å². The van der Waals surface area contributed by atoms with Crippen LogP contribution in [0.15, 0.2) is 23.1 Å². The fraction of sp³-hybridized carbons (Fsp3) is 0.0714. The summed E-state index contributed by atoms with van der Waals surface area (Å²) in [5.41, 5.74) is -2.53. The van der Waals surface area contributed by atoms with Crippen LogP contribution in [0.2, 0.25) is 0 Å². The number of sulfonamides is 1. The monoisotopic (exact) mass is 397 g/mol. The number of carboxylic acid groups (broad SMARTS) is 1. The van der Waals surface area contributed by atoms with Gasteiger partial charge in [0.25, 0.3) is 10.0 Å². The van der Waals surface area contributed by atoms with Crippen molar-refractivity contribution in [2.75, 3.05) is 11.8 Å². The molecule has 0 unspecified atom stereocenters. The van der Waals surface area contributed by atoms with Crippen molar-refractivity contribution in [1.29, 1.82) is 0 Å². The second kappa shape index (κ2) is 6.78. The van der Waals surface area contributed by atoms with Crippen LogP contribution >= 0.6 is 0 Å². The van der Waals surface area contributed by atoms with Crippen LogP contribution in [0.25, 0.3) is 0 Å². The Labute approximate surface area is 142 Å². The van der Waals surface area contributed by atoms with Crippen molar-refractivity contribution in [3.8, 4) is 5.75 Å². The summed E-state index contributed by atoms with van der Waals surface area (Å²) in [7, 11) is -4.16. The SMILES string of the molecule is COc1ccc(NS(=O)(=O)c2c(F)c(F)c(F)c(C(=O)O)c2F)cc1F. The summed E-state index contributed by atoms with van der Waals surface area (Å²) in [5.74, 6) is -13.4. The van der Waals surface area contributed by atoms with E-state index in [1.165, 1.54) is 4.72 Å². The Kier molecular flexibility index (Phi) is 5.07. The van der Waals surface area contributed by atoms with E-state index in [4.69, 9.17) is 5.11 Å². The van der Waals surface area contributed by atoms with Crippen molar-refractivity contribution in [3.05, 3.63) is 52.8 Å². The van der Waals surface area contributed by atoms with E-state index in [1.807, 2.05) is 0 Å². The molecular weight excluding hydrogens is 389 g/mol. The summed E-state index contributed by atoms with van der Waals surface area (Å²) in [6.07, 6.45) is 0. The third-order valence-electron chi connectivity index (χ3n) is 3.11. The number of hydrogen-bond acceptors (Lipinski definition) is 4. The number of aromatic carboxylic acids is 1. The molecule has 0 fully saturated rings. The predicted octanol–water partition coefficient (Wildman–Crippen LogP) is 2.89. The highest BCUT2D eigenvalue weighted by Crippen LogP contribution is 2.30. The number of nitrogens with one attached hydrogen (secondary N) is 1. The molecule has 2 N–H and O–H groups in total. The van der Waals surface area contributed by atoms with E-state index in [2.05, 4.69) is 4.74 Å². The standard InChI is InChI=1S/C14H8F5NO5S/c1-25-7-3-2-5(4-6(7)15)20-26(23,24)13-10(17)8(14(21)22)9(16)11(18)12(13)19/h2-4,20H,1H3,(H,21,22). The lowest BCUT2D eigenvalue weighted by atomic mass is 10.2. The van der Waals surface area contributed by atoms with Crippen LogP contribution in [0.5, 0.6) is 5.75 Å². The maximum Gasteiger partial charge on any atom is 0.341 e. The molecule has 26 heavy (non-hydrogen) atoms. The summed E-state index contributed by atoms with van der Waals surface area (Å²) in [4.78, 5) is 8.75. The van der Waals surface area contributed by atoms with Crippen molar-refractivity contribution in [1.82, 2.24) is 0 Å². The minimum atomic E-state index is -5.28. The van der Waals surface area contributed by atoms with Gasteiger partial charge in [0.05, 0.1) is 12.8 Å². The molecule has 12 heteroatoms. The van der Waals surface area contributed by atoms with Crippen molar-refractivity contribution in [2.24, 2.45) is 0 Å². The Balaban J connectivity index is 2.63. The number of rotatable bonds is 5. The number of carboxylic acids is 1. The largest absolute Gasteiger partial charge is 0.494 e. The highest BCUT2D eigenvalue weighted by atomic mass is 32.2. The minimum Gasteiger partial charge on any atom is -0.494 e. The summed E-state index contributed by atoms with van der Waals surface area (Å²) in [6.45, 7) is 0. The number of hydrogen-bond donors (Lipinski definition) is 2. The van der Waals surface area contributed by atoms with Gasteiger partial charge in [-0.3, -0.25) is 4.72 Å². The summed E-state index contributed by atoms with van der Waals surface area (Å²) in [5, 5.41) is 8.69. The number of carbonyl (C=O) groups is 1. The Morgan fingerprint density at radius 3 is 2.15 bits per heavy atom. The first-order valence-corrected chi connectivity index (χ1v) is 7.95. The first kappa shape index (κ1) is 19.4. The Morgan fingerprint density at radius 1 is 1.04 bits per heavy atom. The van der Waals surface area contributed by atoms with Crippen LogP contribution < -0.4 is 9.46 Å². The number of methoxy groups -OCH3 is 1. The molecule has 0 radical (unpaired) electrons. The van der Waals surface area contributed by atoms with Crippen LogP contribution in [-0.2, 0) is 10.0 Å². The van der Waals surface area contributed by atoms with Gasteiger partial charge in [-0.1, -0.05) is 0 Å². The molecule has 140 valence electrons. The topological polar surface area (TPSA) is 92.7 Å². The second-order valence-electron chi connectivity index (χ2n) is 4.72. The van der Waals surface area contributed by atoms with Crippen molar-refractivity contribution in [2.45, 2.75) is 4.90 Å². The molecular formula is C14H8F5NO5S. The maximum atomic E-state index is 14.1. The van der Waals surface area contributed by atoms with E-state index in [-0.39, 0.29) is 5.75 Å². The molecule has 0 aliphatic heterocycles. The fourth-order valence-corrected chi connectivity index (χ4v) is 3.17. The summed E-state index contributed by atoms with van der Waals surface area (Å²) >= 11 is 0. The lowest BCUT2D eigenvalue weighted by molar-refractivity contribution is 0.0683. The van der Waals surface area contributed by atoms with E-state index >= 15 is 0 Å². The van der Waals surface area contributed by atoms with Gasteiger partial charge in [-0.15, -0.1) is 0 Å². The minimum absolute atomic E-state index is 0.272. The number of ether oxygens (including phenoxy) is 1. The quantitative estimate of drug-likeness (QED) is 0.460. The molecule has 6 nitrogen and oxygen atoms in total. The van der Waals surface area contributed by atoms with Crippen molar-refractivity contribution in [3.63, 3.8) is 0 Å². The molecule has 0 aromatic heterocycles. The van der Waals surface area contributed by atoms with Gasteiger partial charge in [0.1, 0.15) is 5.56 Å². The predicted molar refractivity (Wildman–Crippen MR) is 77.0 cm³/mol.